The Balaban J connectivity index is 2.58. The summed E-state index contributed by atoms with van der Waals surface area (Å²) in [5.41, 5.74) is 2.17. The van der Waals surface area contributed by atoms with Crippen molar-refractivity contribution in [2.75, 3.05) is 0 Å². The minimum absolute atomic E-state index is 0.0570. The lowest BCUT2D eigenvalue weighted by Gasteiger charge is -2.22. The molecule has 1 rings (SSSR count). The van der Waals surface area contributed by atoms with Crippen LogP contribution in [0.15, 0.2) is 24.3 Å². The van der Waals surface area contributed by atoms with E-state index in [4.69, 9.17) is 5.11 Å². The third-order valence-electron chi connectivity index (χ3n) is 3.44. The molecule has 2 amide bonds. The van der Waals surface area contributed by atoms with Gasteiger partial charge >= 0.3 is 12.0 Å². The molecule has 5 nitrogen and oxygen atoms in total. The Labute approximate surface area is 125 Å². The van der Waals surface area contributed by atoms with Gasteiger partial charge in [0.1, 0.15) is 0 Å². The summed E-state index contributed by atoms with van der Waals surface area (Å²) >= 11 is 0. The summed E-state index contributed by atoms with van der Waals surface area (Å²) in [5.74, 6) is -0.859. The number of urea groups is 1. The highest BCUT2D eigenvalue weighted by Crippen LogP contribution is 2.13. The lowest BCUT2D eigenvalue weighted by molar-refractivity contribution is -0.137. The maximum absolute atomic E-state index is 12.0. The number of aliphatic carboxylic acids is 1. The Hall–Kier alpha value is -2.04. The zero-order valence-electron chi connectivity index (χ0n) is 13.0. The van der Waals surface area contributed by atoms with E-state index in [-0.39, 0.29) is 30.5 Å². The minimum Gasteiger partial charge on any atom is -0.481 e. The van der Waals surface area contributed by atoms with E-state index in [0.717, 1.165) is 11.1 Å². The highest BCUT2D eigenvalue weighted by atomic mass is 16.4. The second-order valence-electron chi connectivity index (χ2n) is 5.70. The van der Waals surface area contributed by atoms with Crippen LogP contribution in [0.25, 0.3) is 0 Å². The van der Waals surface area contributed by atoms with Crippen LogP contribution in [0.3, 0.4) is 0 Å². The quantitative estimate of drug-likeness (QED) is 0.754. The number of benzene rings is 1. The van der Waals surface area contributed by atoms with Crippen molar-refractivity contribution in [1.82, 2.24) is 10.6 Å². The van der Waals surface area contributed by atoms with Gasteiger partial charge in [0.05, 0.1) is 12.5 Å². The van der Waals surface area contributed by atoms with Gasteiger partial charge in [0.15, 0.2) is 0 Å². The average Bonchev–Trinajstić information content (AvgIpc) is 2.37. The van der Waals surface area contributed by atoms with Gasteiger partial charge in [-0.2, -0.15) is 0 Å². The normalized spacial score (nSPS) is 13.6. The first-order valence-electron chi connectivity index (χ1n) is 7.15. The van der Waals surface area contributed by atoms with Gasteiger partial charge in [-0.1, -0.05) is 43.7 Å². The Morgan fingerprint density at radius 2 is 1.67 bits per heavy atom. The summed E-state index contributed by atoms with van der Waals surface area (Å²) < 4.78 is 0. The molecule has 0 aromatic heterocycles. The van der Waals surface area contributed by atoms with Crippen LogP contribution in [-0.4, -0.2) is 23.1 Å². The molecule has 0 spiro atoms. The number of amides is 2. The van der Waals surface area contributed by atoms with Crippen molar-refractivity contribution < 1.29 is 14.7 Å². The molecule has 21 heavy (non-hydrogen) atoms. The van der Waals surface area contributed by atoms with Gasteiger partial charge in [0, 0.05) is 6.04 Å². The average molecular weight is 292 g/mol. The van der Waals surface area contributed by atoms with Crippen LogP contribution in [0.5, 0.6) is 0 Å². The van der Waals surface area contributed by atoms with E-state index in [0.29, 0.717) is 0 Å². The maximum Gasteiger partial charge on any atom is 0.315 e. The number of hydrogen-bond acceptors (Lipinski definition) is 2. The standard InChI is InChI=1S/C16H24N2O3/c1-10(2)14(9-15(19)20)18-16(21)17-12(4)13-7-5-11(3)6-8-13/h5-8,10,12,14H,9H2,1-4H3,(H,19,20)(H2,17,18,21). The van der Waals surface area contributed by atoms with Gasteiger partial charge in [-0.25, -0.2) is 4.79 Å². The van der Waals surface area contributed by atoms with Crippen LogP contribution in [0, 0.1) is 12.8 Å². The third kappa shape index (κ3) is 5.85. The molecule has 0 saturated carbocycles. The summed E-state index contributed by atoms with van der Waals surface area (Å²) in [4.78, 5) is 22.8. The van der Waals surface area contributed by atoms with Gasteiger partial charge in [0.25, 0.3) is 0 Å². The molecule has 0 aliphatic heterocycles. The fraction of sp³-hybridized carbons (Fsp3) is 0.500. The Morgan fingerprint density at radius 1 is 1.10 bits per heavy atom. The summed E-state index contributed by atoms with van der Waals surface area (Å²) in [7, 11) is 0. The molecule has 2 unspecified atom stereocenters. The molecule has 1 aromatic rings. The summed E-state index contributed by atoms with van der Waals surface area (Å²) in [6.07, 6.45) is -0.0794. The lowest BCUT2D eigenvalue weighted by atomic mass is 10.0. The fourth-order valence-corrected chi connectivity index (χ4v) is 1.99. The number of nitrogens with one attached hydrogen (secondary N) is 2. The molecule has 116 valence electrons. The molecule has 0 saturated heterocycles. The fourth-order valence-electron chi connectivity index (χ4n) is 1.99. The van der Waals surface area contributed by atoms with Gasteiger partial charge in [-0.15, -0.1) is 0 Å². The SMILES string of the molecule is Cc1ccc(C(C)NC(=O)NC(CC(=O)O)C(C)C)cc1. The van der Waals surface area contributed by atoms with E-state index in [1.54, 1.807) is 0 Å². The van der Waals surface area contributed by atoms with Crippen molar-refractivity contribution in [3.8, 4) is 0 Å². The molecule has 0 radical (unpaired) electrons. The van der Waals surface area contributed by atoms with Crippen LogP contribution < -0.4 is 10.6 Å². The summed E-state index contributed by atoms with van der Waals surface area (Å²) in [5, 5.41) is 14.4. The number of carbonyl (C=O) groups excluding carboxylic acids is 1. The Kier molecular flexibility index (Phi) is 6.21. The van der Waals surface area contributed by atoms with Crippen LogP contribution >= 0.6 is 0 Å². The van der Waals surface area contributed by atoms with Gasteiger partial charge in [0.2, 0.25) is 0 Å². The van der Waals surface area contributed by atoms with E-state index in [2.05, 4.69) is 10.6 Å². The Bertz CT molecular complexity index is 483. The third-order valence-corrected chi connectivity index (χ3v) is 3.44. The van der Waals surface area contributed by atoms with Crippen molar-refractivity contribution in [2.24, 2.45) is 5.92 Å². The molecular weight excluding hydrogens is 268 g/mol. The van der Waals surface area contributed by atoms with Crippen LogP contribution in [-0.2, 0) is 4.79 Å². The smallest absolute Gasteiger partial charge is 0.315 e. The number of carbonyl (C=O) groups is 2. The molecular formula is C16H24N2O3. The molecule has 0 fully saturated rings. The van der Waals surface area contributed by atoms with E-state index in [9.17, 15) is 9.59 Å². The number of rotatable bonds is 6. The van der Waals surface area contributed by atoms with Crippen LogP contribution in [0.2, 0.25) is 0 Å². The van der Waals surface area contributed by atoms with Crippen molar-refractivity contribution in [2.45, 2.75) is 46.2 Å². The number of aryl methyl sites for hydroxylation is 1. The van der Waals surface area contributed by atoms with E-state index >= 15 is 0 Å². The van der Waals surface area contributed by atoms with Gasteiger partial charge in [-0.05, 0) is 25.3 Å². The highest BCUT2D eigenvalue weighted by molar-refractivity contribution is 5.76. The minimum atomic E-state index is -0.916. The van der Waals surface area contributed by atoms with E-state index in [1.807, 2.05) is 52.0 Å². The highest BCUT2D eigenvalue weighted by Gasteiger charge is 2.20. The second kappa shape index (κ2) is 7.67. The van der Waals surface area contributed by atoms with Crippen molar-refractivity contribution in [3.63, 3.8) is 0 Å². The zero-order valence-corrected chi connectivity index (χ0v) is 13.0. The van der Waals surface area contributed by atoms with Crippen LogP contribution in [0.4, 0.5) is 4.79 Å². The van der Waals surface area contributed by atoms with Crippen molar-refractivity contribution in [3.05, 3.63) is 35.4 Å². The second-order valence-corrected chi connectivity index (χ2v) is 5.70. The Morgan fingerprint density at radius 3 is 2.14 bits per heavy atom. The first-order valence-corrected chi connectivity index (χ1v) is 7.15. The number of carboxylic acids is 1. The van der Waals surface area contributed by atoms with Gasteiger partial charge in [-0.3, -0.25) is 4.79 Å². The largest absolute Gasteiger partial charge is 0.481 e. The predicted octanol–water partition coefficient (Wildman–Crippen LogP) is 2.85. The zero-order chi connectivity index (χ0) is 16.0. The van der Waals surface area contributed by atoms with Crippen LogP contribution in [0.1, 0.15) is 44.4 Å². The topological polar surface area (TPSA) is 78.4 Å². The van der Waals surface area contributed by atoms with E-state index in [1.165, 1.54) is 0 Å². The van der Waals surface area contributed by atoms with Crippen molar-refractivity contribution >= 4 is 12.0 Å². The summed E-state index contributed by atoms with van der Waals surface area (Å²) in [6, 6.07) is 7.06. The molecule has 2 atom stereocenters. The van der Waals surface area contributed by atoms with Gasteiger partial charge < -0.3 is 15.7 Å². The van der Waals surface area contributed by atoms with E-state index < -0.39 is 5.97 Å². The molecule has 0 aliphatic carbocycles. The summed E-state index contributed by atoms with van der Waals surface area (Å²) in [6.45, 7) is 7.67. The first-order chi connectivity index (χ1) is 9.79. The number of carboxylic acid groups (broad SMARTS) is 1. The first kappa shape index (κ1) is 17.0. The molecule has 0 aliphatic rings. The molecule has 0 heterocycles. The maximum atomic E-state index is 12.0. The monoisotopic (exact) mass is 292 g/mol. The molecule has 5 heteroatoms. The lowest BCUT2D eigenvalue weighted by Crippen LogP contribution is -2.46. The predicted molar refractivity (Wildman–Crippen MR) is 82.1 cm³/mol. The molecule has 0 bridgehead atoms. The van der Waals surface area contributed by atoms with Crippen molar-refractivity contribution in [1.29, 1.82) is 0 Å². The molecule has 1 aromatic carbocycles. The molecule has 3 N–H and O–H groups in total. The number of hydrogen-bond donors (Lipinski definition) is 3.